The van der Waals surface area contributed by atoms with Crippen LogP contribution < -0.4 is 15.2 Å². The second kappa shape index (κ2) is 9.74. The molecule has 0 radical (unpaired) electrons. The normalized spacial score (nSPS) is 23.9. The number of hydrogen-bond acceptors (Lipinski definition) is 8. The van der Waals surface area contributed by atoms with E-state index in [4.69, 9.17) is 15.9 Å². The van der Waals surface area contributed by atoms with Crippen molar-refractivity contribution >= 4 is 32.7 Å². The molecule has 1 aromatic carbocycles. The van der Waals surface area contributed by atoms with Gasteiger partial charge in [-0.1, -0.05) is 0 Å². The number of sulfonamides is 1. The number of halogens is 4. The lowest BCUT2D eigenvalue weighted by Gasteiger charge is -2.46. The highest BCUT2D eigenvalue weighted by atomic mass is 32.2. The summed E-state index contributed by atoms with van der Waals surface area (Å²) in [6, 6.07) is 0.764. The smallest absolute Gasteiger partial charge is 0.391 e. The van der Waals surface area contributed by atoms with Crippen molar-refractivity contribution in [2.24, 2.45) is 11.7 Å². The summed E-state index contributed by atoms with van der Waals surface area (Å²) >= 11 is 1.03. The lowest BCUT2D eigenvalue weighted by Crippen LogP contribution is -2.50. The number of aromatic nitrogens is 1. The molecule has 2 aromatic rings. The van der Waals surface area contributed by atoms with E-state index in [1.165, 1.54) is 12.3 Å². The number of alkyl halides is 3. The van der Waals surface area contributed by atoms with E-state index in [9.17, 15) is 21.6 Å². The summed E-state index contributed by atoms with van der Waals surface area (Å²) in [4.78, 5) is 4.98. The summed E-state index contributed by atoms with van der Waals surface area (Å²) in [7, 11) is -4.29. The fraction of sp³-hybridized carbons (Fsp3) is 0.429. The first-order valence-electron chi connectivity index (χ1n) is 10.7. The summed E-state index contributed by atoms with van der Waals surface area (Å²) in [6.45, 7) is 0.196. The third kappa shape index (κ3) is 5.28. The number of hydrogen-bond donors (Lipinski definition) is 3. The summed E-state index contributed by atoms with van der Waals surface area (Å²) < 4.78 is 88.8. The highest BCUT2D eigenvalue weighted by Gasteiger charge is 2.47. The third-order valence-electron chi connectivity index (χ3n) is 6.18. The minimum atomic E-state index is -4.39. The lowest BCUT2D eigenvalue weighted by molar-refractivity contribution is -0.190. The van der Waals surface area contributed by atoms with Crippen LogP contribution in [0.3, 0.4) is 0 Å². The number of rotatable bonds is 6. The first-order valence-corrected chi connectivity index (χ1v) is 13.0. The lowest BCUT2D eigenvalue weighted by atomic mass is 9.85. The Labute approximate surface area is 203 Å². The molecule has 2 aliphatic rings. The maximum Gasteiger partial charge on any atom is 0.391 e. The molecule has 4 N–H and O–H groups in total. The molecule has 0 spiro atoms. The van der Waals surface area contributed by atoms with Crippen LogP contribution >= 0.6 is 11.3 Å². The van der Waals surface area contributed by atoms with Crippen molar-refractivity contribution in [3.05, 3.63) is 46.9 Å². The second-order valence-electron chi connectivity index (χ2n) is 8.27. The molecular weight excluding hydrogens is 510 g/mol. The highest BCUT2D eigenvalue weighted by Crippen LogP contribution is 2.45. The van der Waals surface area contributed by atoms with E-state index in [1.54, 1.807) is 10.3 Å². The van der Waals surface area contributed by atoms with Crippen molar-refractivity contribution in [2.75, 3.05) is 17.9 Å². The number of ether oxygens (including phenoxy) is 1. The molecule has 35 heavy (non-hydrogen) atoms. The van der Waals surface area contributed by atoms with Gasteiger partial charge in [-0.15, -0.1) is 11.3 Å². The number of nitrogens with zero attached hydrogens (tertiary/aromatic N) is 2. The van der Waals surface area contributed by atoms with Crippen molar-refractivity contribution < 1.29 is 30.7 Å². The first-order chi connectivity index (χ1) is 16.5. The Hall–Kier alpha value is -2.71. The fourth-order valence-electron chi connectivity index (χ4n) is 4.55. The monoisotopic (exact) mass is 533 g/mol. The van der Waals surface area contributed by atoms with Gasteiger partial charge in [0.05, 0.1) is 18.6 Å². The highest BCUT2D eigenvalue weighted by molar-refractivity contribution is 7.93. The van der Waals surface area contributed by atoms with Gasteiger partial charge in [-0.3, -0.25) is 9.62 Å². The number of anilines is 1. The van der Waals surface area contributed by atoms with Crippen molar-refractivity contribution in [1.29, 1.82) is 5.41 Å². The van der Waals surface area contributed by atoms with Gasteiger partial charge >= 0.3 is 6.18 Å². The van der Waals surface area contributed by atoms with Crippen LogP contribution in [-0.4, -0.2) is 49.9 Å². The quantitative estimate of drug-likeness (QED) is 0.381. The van der Waals surface area contributed by atoms with Crippen molar-refractivity contribution in [1.82, 2.24) is 9.88 Å². The second-order valence-corrected chi connectivity index (χ2v) is 10.8. The van der Waals surface area contributed by atoms with Crippen LogP contribution in [0.2, 0.25) is 0 Å². The molecule has 0 bridgehead atoms. The summed E-state index contributed by atoms with van der Waals surface area (Å²) in [5, 5.41) is 8.91. The molecule has 0 aliphatic carbocycles. The van der Waals surface area contributed by atoms with Gasteiger partial charge in [-0.05, 0) is 25.0 Å². The van der Waals surface area contributed by atoms with Crippen LogP contribution in [0.5, 0.6) is 5.75 Å². The number of fused-ring (bicyclic) bond motifs is 1. The van der Waals surface area contributed by atoms with E-state index in [0.29, 0.717) is 12.0 Å². The molecule has 1 aromatic heterocycles. The largest absolute Gasteiger partial charge is 0.493 e. The van der Waals surface area contributed by atoms with E-state index < -0.39 is 44.9 Å². The van der Waals surface area contributed by atoms with Gasteiger partial charge in [-0.25, -0.2) is 17.8 Å². The van der Waals surface area contributed by atoms with E-state index in [-0.39, 0.29) is 42.6 Å². The molecule has 0 saturated carbocycles. The minimum Gasteiger partial charge on any atom is -0.493 e. The zero-order valence-electron chi connectivity index (χ0n) is 18.3. The number of nitrogens with one attached hydrogen (secondary N) is 2. The van der Waals surface area contributed by atoms with Crippen molar-refractivity contribution in [2.45, 2.75) is 42.4 Å². The van der Waals surface area contributed by atoms with Crippen LogP contribution in [0.25, 0.3) is 0 Å². The number of piperidine rings is 1. The molecule has 1 fully saturated rings. The standard InChI is InChI=1S/C21H23F4N5O3S2/c22-14-10-13-16(30-6-2-12(21(23,24)25)9-17(30)15(27)1-4-26)3-7-33-18(13)11-19(14)35(31,32)29-20-28-5-8-34-20/h1,4-5,8,10-12,16-17,26H,2-3,6-7,9,27H2,(H,28,29)/b15-1-,26-4?/t12-,16-,17+/m1/s1. The SMILES string of the molecule is N=C/C=C(\N)[C@@H]1C[C@H](C(F)(F)F)CCN1[C@@H]1CCOc2cc(S(=O)(=O)Nc3nccs3)c(F)cc21. The van der Waals surface area contributed by atoms with Crippen LogP contribution in [0.1, 0.15) is 30.9 Å². The number of thiazole rings is 1. The van der Waals surface area contributed by atoms with E-state index in [0.717, 1.165) is 29.7 Å². The van der Waals surface area contributed by atoms with Crippen molar-refractivity contribution in [3.8, 4) is 5.75 Å². The maximum absolute atomic E-state index is 15.1. The molecule has 190 valence electrons. The van der Waals surface area contributed by atoms with Crippen molar-refractivity contribution in [3.63, 3.8) is 0 Å². The summed E-state index contributed by atoms with van der Waals surface area (Å²) in [6.07, 6.45) is -0.928. The van der Waals surface area contributed by atoms with Gasteiger partial charge < -0.3 is 15.9 Å². The Morgan fingerprint density at radius 3 is 2.77 bits per heavy atom. The summed E-state index contributed by atoms with van der Waals surface area (Å²) in [5.41, 5.74) is 6.50. The predicted molar refractivity (Wildman–Crippen MR) is 123 cm³/mol. The van der Waals surface area contributed by atoms with Gasteiger partial charge in [-0.2, -0.15) is 13.2 Å². The number of likely N-dealkylation sites (tertiary alicyclic amines) is 1. The molecule has 3 atom stereocenters. The van der Waals surface area contributed by atoms with Crippen LogP contribution in [0.15, 0.2) is 40.4 Å². The number of allylic oxidation sites excluding steroid dienone is 1. The van der Waals surface area contributed by atoms with E-state index in [2.05, 4.69) is 9.71 Å². The molecule has 2 aliphatic heterocycles. The van der Waals surface area contributed by atoms with Gasteiger partial charge in [0.25, 0.3) is 10.0 Å². The van der Waals surface area contributed by atoms with Gasteiger partial charge in [0, 0.05) is 54.1 Å². The van der Waals surface area contributed by atoms with Gasteiger partial charge in [0.15, 0.2) is 5.13 Å². The molecular formula is C21H23F4N5O3S2. The average Bonchev–Trinajstić information content (AvgIpc) is 3.29. The Morgan fingerprint density at radius 1 is 1.34 bits per heavy atom. The van der Waals surface area contributed by atoms with Crippen LogP contribution in [0.4, 0.5) is 22.7 Å². The maximum atomic E-state index is 15.1. The Kier molecular flexibility index (Phi) is 7.06. The van der Waals surface area contributed by atoms with Crippen LogP contribution in [0, 0.1) is 17.1 Å². The zero-order chi connectivity index (χ0) is 25.4. The molecule has 0 amide bonds. The van der Waals surface area contributed by atoms with Gasteiger partial charge in [0.2, 0.25) is 0 Å². The molecule has 3 heterocycles. The Balaban J connectivity index is 1.68. The first kappa shape index (κ1) is 25.4. The summed E-state index contributed by atoms with van der Waals surface area (Å²) in [5.74, 6) is -2.44. The third-order valence-corrected chi connectivity index (χ3v) is 8.36. The molecule has 8 nitrogen and oxygen atoms in total. The zero-order valence-corrected chi connectivity index (χ0v) is 19.9. The molecule has 14 heteroatoms. The van der Waals surface area contributed by atoms with Gasteiger partial charge in [0.1, 0.15) is 16.5 Å². The Bertz CT molecular complexity index is 1220. The molecule has 0 unspecified atom stereocenters. The number of benzene rings is 1. The topological polar surface area (TPSA) is 121 Å². The minimum absolute atomic E-state index is 0.0404. The molecule has 4 rings (SSSR count). The van der Waals surface area contributed by atoms with E-state index in [1.807, 2.05) is 0 Å². The fourth-order valence-corrected chi connectivity index (χ4v) is 6.42. The molecule has 1 saturated heterocycles. The number of nitrogens with two attached hydrogens (primary N) is 1. The van der Waals surface area contributed by atoms with Crippen LogP contribution in [-0.2, 0) is 10.0 Å². The van der Waals surface area contributed by atoms with E-state index >= 15 is 4.39 Å². The Morgan fingerprint density at radius 2 is 2.11 bits per heavy atom. The average molecular weight is 534 g/mol. The predicted octanol–water partition coefficient (Wildman–Crippen LogP) is 4.04.